The molecule has 84 valence electrons. The Balaban J connectivity index is 2.50. The second kappa shape index (κ2) is 5.10. The molecule has 5 heteroatoms. The Kier molecular flexibility index (Phi) is 4.06. The second-order valence-electron chi connectivity index (χ2n) is 3.90. The van der Waals surface area contributed by atoms with Gasteiger partial charge in [-0.15, -0.1) is 0 Å². The molecule has 0 spiro atoms. The zero-order chi connectivity index (χ0) is 11.3. The van der Waals surface area contributed by atoms with E-state index in [1.165, 1.54) is 0 Å². The summed E-state index contributed by atoms with van der Waals surface area (Å²) in [7, 11) is 0. The molecular formula is C10H17N3O2. The van der Waals surface area contributed by atoms with Crippen LogP contribution in [0.4, 0.5) is 0 Å². The third-order valence-electron chi connectivity index (χ3n) is 2.67. The van der Waals surface area contributed by atoms with Gasteiger partial charge in [-0.2, -0.15) is 5.26 Å². The number of hydrogen-bond acceptors (Lipinski definition) is 4. The Bertz CT molecular complexity index is 266. The van der Waals surface area contributed by atoms with E-state index >= 15 is 0 Å². The normalized spacial score (nSPS) is 27.0. The van der Waals surface area contributed by atoms with E-state index in [0.717, 1.165) is 6.42 Å². The molecule has 2 unspecified atom stereocenters. The molecule has 0 aromatic carbocycles. The summed E-state index contributed by atoms with van der Waals surface area (Å²) >= 11 is 0. The summed E-state index contributed by atoms with van der Waals surface area (Å²) in [6.07, 6.45) is 1.59. The van der Waals surface area contributed by atoms with Crippen LogP contribution in [0.5, 0.6) is 0 Å². The highest BCUT2D eigenvalue weighted by atomic mass is 16.5. The lowest BCUT2D eigenvalue weighted by Crippen LogP contribution is -2.56. The van der Waals surface area contributed by atoms with Crippen molar-refractivity contribution in [2.45, 2.75) is 37.8 Å². The number of ether oxygens (including phenoxy) is 1. The number of carbonyl (C=O) groups excluding carboxylic acids is 1. The van der Waals surface area contributed by atoms with Crippen molar-refractivity contribution in [1.82, 2.24) is 5.32 Å². The van der Waals surface area contributed by atoms with Gasteiger partial charge in [-0.3, -0.25) is 4.79 Å². The first-order valence-corrected chi connectivity index (χ1v) is 5.17. The molecule has 0 radical (unpaired) electrons. The Morgan fingerprint density at radius 1 is 1.80 bits per heavy atom. The maximum atomic E-state index is 11.8. The van der Waals surface area contributed by atoms with Gasteiger partial charge in [0, 0.05) is 12.6 Å². The van der Waals surface area contributed by atoms with E-state index in [0.29, 0.717) is 19.4 Å². The number of carbonyl (C=O) groups is 1. The molecule has 1 heterocycles. The standard InChI is InChI=1S/C10H17N3O2/c1-2-8(3-5-11)13-9(14)10(12)4-6-15-7-10/h8H,2-4,6-7,12H2,1H3,(H,13,14). The minimum absolute atomic E-state index is 0.108. The number of nitrogens with two attached hydrogens (primary N) is 1. The van der Waals surface area contributed by atoms with Gasteiger partial charge in [-0.1, -0.05) is 6.92 Å². The van der Waals surface area contributed by atoms with Gasteiger partial charge in [0.15, 0.2) is 0 Å². The molecule has 5 nitrogen and oxygen atoms in total. The molecule has 0 bridgehead atoms. The van der Waals surface area contributed by atoms with Crippen LogP contribution in [-0.2, 0) is 9.53 Å². The summed E-state index contributed by atoms with van der Waals surface area (Å²) in [4.78, 5) is 11.8. The van der Waals surface area contributed by atoms with Gasteiger partial charge in [0.25, 0.3) is 0 Å². The lowest BCUT2D eigenvalue weighted by molar-refractivity contribution is -0.127. The molecule has 0 aliphatic carbocycles. The zero-order valence-corrected chi connectivity index (χ0v) is 8.95. The van der Waals surface area contributed by atoms with Crippen LogP contribution < -0.4 is 11.1 Å². The summed E-state index contributed by atoms with van der Waals surface area (Å²) in [6, 6.07) is 1.93. The molecule has 1 fully saturated rings. The van der Waals surface area contributed by atoms with E-state index in [1.807, 2.05) is 13.0 Å². The van der Waals surface area contributed by atoms with Crippen LogP contribution in [0, 0.1) is 11.3 Å². The highest BCUT2D eigenvalue weighted by Gasteiger charge is 2.38. The monoisotopic (exact) mass is 211 g/mol. The van der Waals surface area contributed by atoms with Gasteiger partial charge in [0.1, 0.15) is 5.54 Å². The van der Waals surface area contributed by atoms with Crippen molar-refractivity contribution in [2.24, 2.45) is 5.73 Å². The van der Waals surface area contributed by atoms with Gasteiger partial charge in [-0.05, 0) is 12.8 Å². The van der Waals surface area contributed by atoms with E-state index in [4.69, 9.17) is 15.7 Å². The third-order valence-corrected chi connectivity index (χ3v) is 2.67. The van der Waals surface area contributed by atoms with Gasteiger partial charge in [0.05, 0.1) is 19.1 Å². The molecule has 15 heavy (non-hydrogen) atoms. The summed E-state index contributed by atoms with van der Waals surface area (Å²) in [6.45, 7) is 2.72. The van der Waals surface area contributed by atoms with Crippen molar-refractivity contribution in [3.63, 3.8) is 0 Å². The molecular weight excluding hydrogens is 194 g/mol. The Morgan fingerprint density at radius 2 is 2.53 bits per heavy atom. The van der Waals surface area contributed by atoms with Crippen LogP contribution >= 0.6 is 0 Å². The number of nitrogens with one attached hydrogen (secondary N) is 1. The van der Waals surface area contributed by atoms with Crippen molar-refractivity contribution in [3.8, 4) is 6.07 Å². The van der Waals surface area contributed by atoms with Gasteiger partial charge in [0.2, 0.25) is 5.91 Å². The predicted molar refractivity (Wildman–Crippen MR) is 54.8 cm³/mol. The fourth-order valence-electron chi connectivity index (χ4n) is 1.50. The van der Waals surface area contributed by atoms with Crippen LogP contribution in [0.1, 0.15) is 26.2 Å². The van der Waals surface area contributed by atoms with Crippen molar-refractivity contribution < 1.29 is 9.53 Å². The highest BCUT2D eigenvalue weighted by Crippen LogP contribution is 2.16. The van der Waals surface area contributed by atoms with Crippen molar-refractivity contribution in [3.05, 3.63) is 0 Å². The molecule has 2 atom stereocenters. The smallest absolute Gasteiger partial charge is 0.242 e. The lowest BCUT2D eigenvalue weighted by Gasteiger charge is -2.23. The molecule has 0 aromatic heterocycles. The second-order valence-corrected chi connectivity index (χ2v) is 3.90. The van der Waals surface area contributed by atoms with Crippen LogP contribution in [0.3, 0.4) is 0 Å². The van der Waals surface area contributed by atoms with E-state index in [-0.39, 0.29) is 18.6 Å². The summed E-state index contributed by atoms with van der Waals surface area (Å²) in [5.74, 6) is -0.206. The first kappa shape index (κ1) is 12.0. The van der Waals surface area contributed by atoms with Crippen LogP contribution in [0.15, 0.2) is 0 Å². The van der Waals surface area contributed by atoms with Crippen LogP contribution in [0.2, 0.25) is 0 Å². The van der Waals surface area contributed by atoms with Gasteiger partial charge >= 0.3 is 0 Å². The topological polar surface area (TPSA) is 88.1 Å². The quantitative estimate of drug-likeness (QED) is 0.680. The van der Waals surface area contributed by atoms with Crippen molar-refractivity contribution in [1.29, 1.82) is 5.26 Å². The minimum atomic E-state index is -0.900. The third kappa shape index (κ3) is 2.91. The van der Waals surface area contributed by atoms with E-state index in [2.05, 4.69) is 5.32 Å². The van der Waals surface area contributed by atoms with E-state index < -0.39 is 5.54 Å². The Labute approximate surface area is 89.6 Å². The Morgan fingerprint density at radius 3 is 3.00 bits per heavy atom. The summed E-state index contributed by atoms with van der Waals surface area (Å²) in [5.41, 5.74) is 4.98. The number of hydrogen-bond donors (Lipinski definition) is 2. The average Bonchev–Trinajstić information content (AvgIpc) is 2.65. The molecule has 1 amide bonds. The van der Waals surface area contributed by atoms with E-state index in [1.54, 1.807) is 0 Å². The molecule has 1 aliphatic heterocycles. The Hall–Kier alpha value is -1.12. The fourth-order valence-corrected chi connectivity index (χ4v) is 1.50. The minimum Gasteiger partial charge on any atom is -0.379 e. The van der Waals surface area contributed by atoms with Crippen LogP contribution in [-0.4, -0.2) is 30.7 Å². The molecule has 0 aromatic rings. The van der Waals surface area contributed by atoms with Crippen molar-refractivity contribution in [2.75, 3.05) is 13.2 Å². The molecule has 1 rings (SSSR count). The van der Waals surface area contributed by atoms with Crippen LogP contribution in [0.25, 0.3) is 0 Å². The fraction of sp³-hybridized carbons (Fsp3) is 0.800. The van der Waals surface area contributed by atoms with E-state index in [9.17, 15) is 4.79 Å². The average molecular weight is 211 g/mol. The maximum Gasteiger partial charge on any atom is 0.242 e. The first-order chi connectivity index (χ1) is 7.12. The summed E-state index contributed by atoms with van der Waals surface area (Å²) < 4.78 is 5.11. The predicted octanol–water partition coefficient (Wildman–Crippen LogP) is -0.0873. The zero-order valence-electron chi connectivity index (χ0n) is 8.95. The molecule has 1 aliphatic rings. The first-order valence-electron chi connectivity index (χ1n) is 5.17. The van der Waals surface area contributed by atoms with Gasteiger partial charge < -0.3 is 15.8 Å². The highest BCUT2D eigenvalue weighted by molar-refractivity contribution is 5.86. The van der Waals surface area contributed by atoms with Gasteiger partial charge in [-0.25, -0.2) is 0 Å². The molecule has 3 N–H and O–H groups in total. The summed E-state index contributed by atoms with van der Waals surface area (Å²) in [5, 5.41) is 11.3. The number of rotatable bonds is 4. The number of nitriles is 1. The SMILES string of the molecule is CCC(CC#N)NC(=O)C1(N)CCOC1. The van der Waals surface area contributed by atoms with Crippen molar-refractivity contribution >= 4 is 5.91 Å². The largest absolute Gasteiger partial charge is 0.379 e. The number of nitrogens with zero attached hydrogens (tertiary/aromatic N) is 1. The molecule has 1 saturated heterocycles. The molecule has 0 saturated carbocycles. The maximum absolute atomic E-state index is 11.8. The lowest BCUT2D eigenvalue weighted by atomic mass is 9.98. The number of amides is 1.